The number of hydrogen-bond acceptors (Lipinski definition) is 2. The quantitative estimate of drug-likeness (QED) is 0.574. The first-order valence-corrected chi connectivity index (χ1v) is 2.54. The number of carbonyl (C=O) groups excluding carboxylic acids is 1. The first kappa shape index (κ1) is 5.88. The van der Waals surface area contributed by atoms with Crippen molar-refractivity contribution < 1.29 is 4.79 Å². The van der Waals surface area contributed by atoms with E-state index in [1.54, 1.807) is 30.2 Å². The Morgan fingerprint density at radius 3 is 2.67 bits per heavy atom. The molecular weight excluding hydrogens is 116 g/mol. The molecule has 1 rings (SSSR count). The van der Waals surface area contributed by atoms with Crippen molar-refractivity contribution in [2.24, 2.45) is 7.05 Å². The molecule has 1 aromatic heterocycles. The molecule has 0 amide bonds. The SMILES string of the molecule is Cn1cc(N)cc1[C]=O. The van der Waals surface area contributed by atoms with Crippen LogP contribution in [-0.2, 0) is 11.8 Å². The van der Waals surface area contributed by atoms with Crippen LogP contribution < -0.4 is 5.73 Å². The van der Waals surface area contributed by atoms with Gasteiger partial charge in [0.2, 0.25) is 0 Å². The molecule has 47 valence electrons. The maximum absolute atomic E-state index is 10.0. The summed E-state index contributed by atoms with van der Waals surface area (Å²) in [5, 5.41) is 0. The van der Waals surface area contributed by atoms with E-state index in [2.05, 4.69) is 0 Å². The Balaban J connectivity index is 3.15. The Hall–Kier alpha value is -1.25. The molecule has 0 spiro atoms. The van der Waals surface area contributed by atoms with Gasteiger partial charge in [0.25, 0.3) is 6.29 Å². The summed E-state index contributed by atoms with van der Waals surface area (Å²) in [5.74, 6) is 0. The molecule has 0 atom stereocenters. The second kappa shape index (κ2) is 1.93. The summed E-state index contributed by atoms with van der Waals surface area (Å²) in [6.07, 6.45) is 3.42. The van der Waals surface area contributed by atoms with Crippen molar-refractivity contribution in [1.82, 2.24) is 4.57 Å². The average Bonchev–Trinajstić information content (AvgIpc) is 2.10. The van der Waals surface area contributed by atoms with Crippen LogP contribution in [0, 0.1) is 0 Å². The summed E-state index contributed by atoms with van der Waals surface area (Å²) < 4.78 is 1.63. The first-order valence-electron chi connectivity index (χ1n) is 2.54. The molecule has 9 heavy (non-hydrogen) atoms. The van der Waals surface area contributed by atoms with Crippen molar-refractivity contribution in [1.29, 1.82) is 0 Å². The van der Waals surface area contributed by atoms with Gasteiger partial charge >= 0.3 is 0 Å². The van der Waals surface area contributed by atoms with Crippen LogP contribution in [0.15, 0.2) is 12.3 Å². The first-order chi connectivity index (χ1) is 4.24. The van der Waals surface area contributed by atoms with Gasteiger partial charge in [-0.15, -0.1) is 0 Å². The van der Waals surface area contributed by atoms with Gasteiger partial charge in [-0.2, -0.15) is 0 Å². The lowest BCUT2D eigenvalue weighted by Gasteiger charge is -1.87. The second-order valence-corrected chi connectivity index (χ2v) is 1.87. The number of nitrogens with two attached hydrogens (primary N) is 1. The van der Waals surface area contributed by atoms with Crippen molar-refractivity contribution >= 4 is 12.0 Å². The van der Waals surface area contributed by atoms with Crippen molar-refractivity contribution in [3.8, 4) is 0 Å². The molecule has 0 aliphatic heterocycles. The van der Waals surface area contributed by atoms with Gasteiger partial charge in [-0.3, -0.25) is 4.79 Å². The molecule has 0 saturated heterocycles. The van der Waals surface area contributed by atoms with E-state index in [-0.39, 0.29) is 0 Å². The molecule has 2 N–H and O–H groups in total. The van der Waals surface area contributed by atoms with Gasteiger partial charge in [0.05, 0.1) is 11.4 Å². The second-order valence-electron chi connectivity index (χ2n) is 1.87. The third-order valence-corrected chi connectivity index (χ3v) is 1.13. The predicted octanol–water partition coefficient (Wildman–Crippen LogP) is 0.0651. The fraction of sp³-hybridized carbons (Fsp3) is 0.167. The Labute approximate surface area is 53.1 Å². The molecule has 1 radical (unpaired) electrons. The van der Waals surface area contributed by atoms with Crippen LogP contribution in [0.2, 0.25) is 0 Å². The summed E-state index contributed by atoms with van der Waals surface area (Å²) in [7, 11) is 1.75. The topological polar surface area (TPSA) is 48.0 Å². The number of hydrogen-bond donors (Lipinski definition) is 1. The summed E-state index contributed by atoms with van der Waals surface area (Å²) in [5.41, 5.74) is 6.43. The maximum atomic E-state index is 10.0. The van der Waals surface area contributed by atoms with Gasteiger partial charge in [-0.05, 0) is 6.07 Å². The third-order valence-electron chi connectivity index (χ3n) is 1.13. The normalized spacial score (nSPS) is 9.44. The maximum Gasteiger partial charge on any atom is 0.251 e. The number of nitrogen functional groups attached to an aromatic ring is 1. The van der Waals surface area contributed by atoms with Crippen LogP contribution in [0.4, 0.5) is 5.69 Å². The zero-order chi connectivity index (χ0) is 6.85. The summed E-state index contributed by atoms with van der Waals surface area (Å²) in [6.45, 7) is 0. The molecule has 3 nitrogen and oxygen atoms in total. The Morgan fingerprint density at radius 2 is 2.44 bits per heavy atom. The summed E-state index contributed by atoms with van der Waals surface area (Å²) in [6, 6.07) is 1.58. The fourth-order valence-corrected chi connectivity index (χ4v) is 0.692. The summed E-state index contributed by atoms with van der Waals surface area (Å²) >= 11 is 0. The highest BCUT2D eigenvalue weighted by atomic mass is 16.1. The van der Waals surface area contributed by atoms with Crippen LogP contribution in [0.3, 0.4) is 0 Å². The van der Waals surface area contributed by atoms with E-state index in [4.69, 9.17) is 5.73 Å². The largest absolute Gasteiger partial charge is 0.397 e. The van der Waals surface area contributed by atoms with Crippen LogP contribution in [0.25, 0.3) is 0 Å². The van der Waals surface area contributed by atoms with Gasteiger partial charge in [0.1, 0.15) is 0 Å². The van der Waals surface area contributed by atoms with Gasteiger partial charge in [0.15, 0.2) is 0 Å². The van der Waals surface area contributed by atoms with E-state index in [1.807, 2.05) is 0 Å². The van der Waals surface area contributed by atoms with Crippen LogP contribution in [-0.4, -0.2) is 10.9 Å². The lowest BCUT2D eigenvalue weighted by Crippen LogP contribution is -1.90. The highest BCUT2D eigenvalue weighted by Gasteiger charge is 1.96. The molecule has 0 saturated carbocycles. The minimum absolute atomic E-state index is 0.479. The molecule has 1 aromatic rings. The predicted molar refractivity (Wildman–Crippen MR) is 34.6 cm³/mol. The highest BCUT2D eigenvalue weighted by molar-refractivity contribution is 5.75. The molecule has 3 heteroatoms. The van der Waals surface area contributed by atoms with E-state index >= 15 is 0 Å². The van der Waals surface area contributed by atoms with Gasteiger partial charge in [0, 0.05) is 13.2 Å². The Bertz CT molecular complexity index is 227. The van der Waals surface area contributed by atoms with Crippen LogP contribution in [0.5, 0.6) is 0 Å². The minimum Gasteiger partial charge on any atom is -0.397 e. The van der Waals surface area contributed by atoms with Crippen molar-refractivity contribution in [3.05, 3.63) is 18.0 Å². The number of aryl methyl sites for hydroxylation is 1. The Morgan fingerprint density at radius 1 is 1.78 bits per heavy atom. The Kier molecular flexibility index (Phi) is 1.26. The lowest BCUT2D eigenvalue weighted by molar-refractivity contribution is 0.559. The van der Waals surface area contributed by atoms with Crippen LogP contribution >= 0.6 is 0 Å². The molecule has 0 aliphatic carbocycles. The van der Waals surface area contributed by atoms with E-state index in [1.165, 1.54) is 0 Å². The average molecular weight is 123 g/mol. The van der Waals surface area contributed by atoms with E-state index in [0.717, 1.165) is 0 Å². The van der Waals surface area contributed by atoms with Gasteiger partial charge in [-0.1, -0.05) is 0 Å². The fourth-order valence-electron chi connectivity index (χ4n) is 0.692. The number of aromatic nitrogens is 1. The molecule has 0 aromatic carbocycles. The molecule has 0 bridgehead atoms. The van der Waals surface area contributed by atoms with Crippen molar-refractivity contribution in [2.75, 3.05) is 5.73 Å². The lowest BCUT2D eigenvalue weighted by atomic mass is 10.4. The summed E-state index contributed by atoms with van der Waals surface area (Å²) in [4.78, 5) is 10.0. The third kappa shape index (κ3) is 0.937. The van der Waals surface area contributed by atoms with Crippen molar-refractivity contribution in [3.63, 3.8) is 0 Å². The molecule has 1 heterocycles. The highest BCUT2D eigenvalue weighted by Crippen LogP contribution is 2.04. The number of nitrogens with zero attached hydrogens (tertiary/aromatic N) is 1. The standard InChI is InChI=1S/C6H7N2O/c1-8-3-5(7)2-6(8)4-9/h2-3H,7H2,1H3. The van der Waals surface area contributed by atoms with E-state index in [9.17, 15) is 4.79 Å². The molecule has 0 unspecified atom stereocenters. The minimum atomic E-state index is 0.479. The smallest absolute Gasteiger partial charge is 0.251 e. The number of anilines is 1. The van der Waals surface area contributed by atoms with Crippen molar-refractivity contribution in [2.45, 2.75) is 0 Å². The molecular formula is C6H7N2O. The zero-order valence-electron chi connectivity index (χ0n) is 5.09. The molecule has 0 aliphatic rings. The monoisotopic (exact) mass is 123 g/mol. The van der Waals surface area contributed by atoms with Gasteiger partial charge in [-0.25, -0.2) is 0 Å². The zero-order valence-corrected chi connectivity index (χ0v) is 5.09. The number of rotatable bonds is 1. The van der Waals surface area contributed by atoms with Crippen LogP contribution in [0.1, 0.15) is 5.69 Å². The van der Waals surface area contributed by atoms with Gasteiger partial charge < -0.3 is 10.3 Å². The van der Waals surface area contributed by atoms with E-state index < -0.39 is 0 Å². The van der Waals surface area contributed by atoms with E-state index in [0.29, 0.717) is 11.4 Å². The molecule has 0 fully saturated rings.